The SMILES string of the molecule is Cc1nccn1-c1ncc(Cl)cn1. The number of hydrogen-bond acceptors (Lipinski definition) is 3. The summed E-state index contributed by atoms with van der Waals surface area (Å²) in [5.41, 5.74) is 0. The van der Waals surface area contributed by atoms with Crippen LogP contribution in [-0.4, -0.2) is 19.5 Å². The van der Waals surface area contributed by atoms with E-state index in [2.05, 4.69) is 15.0 Å². The number of aryl methyl sites for hydroxylation is 1. The first-order valence-electron chi connectivity index (χ1n) is 3.75. The minimum atomic E-state index is 0.529. The lowest BCUT2D eigenvalue weighted by atomic mass is 10.6. The Kier molecular flexibility index (Phi) is 1.98. The van der Waals surface area contributed by atoms with Crippen molar-refractivity contribution < 1.29 is 0 Å². The third-order valence-corrected chi connectivity index (χ3v) is 1.84. The number of nitrogens with zero attached hydrogens (tertiary/aromatic N) is 4. The highest BCUT2D eigenvalue weighted by atomic mass is 35.5. The molecule has 2 rings (SSSR count). The summed E-state index contributed by atoms with van der Waals surface area (Å²) in [6, 6.07) is 0. The van der Waals surface area contributed by atoms with Gasteiger partial charge in [-0.05, 0) is 6.92 Å². The first kappa shape index (κ1) is 8.19. The molecule has 0 saturated heterocycles. The van der Waals surface area contributed by atoms with Crippen molar-refractivity contribution in [2.45, 2.75) is 6.92 Å². The second-order valence-corrected chi connectivity index (χ2v) is 2.98. The van der Waals surface area contributed by atoms with E-state index >= 15 is 0 Å². The predicted octanol–water partition coefficient (Wildman–Crippen LogP) is 1.62. The molecule has 0 fully saturated rings. The maximum Gasteiger partial charge on any atom is 0.235 e. The zero-order valence-electron chi connectivity index (χ0n) is 6.98. The van der Waals surface area contributed by atoms with Gasteiger partial charge in [-0.2, -0.15) is 0 Å². The molecule has 0 unspecified atom stereocenters. The molecule has 13 heavy (non-hydrogen) atoms. The molecule has 0 aliphatic heterocycles. The van der Waals surface area contributed by atoms with Crippen LogP contribution in [0.5, 0.6) is 0 Å². The average Bonchev–Trinajstić information content (AvgIpc) is 2.53. The molecule has 2 heterocycles. The van der Waals surface area contributed by atoms with Crippen LogP contribution in [-0.2, 0) is 0 Å². The zero-order valence-corrected chi connectivity index (χ0v) is 7.73. The first-order chi connectivity index (χ1) is 6.27. The number of hydrogen-bond donors (Lipinski definition) is 0. The highest BCUT2D eigenvalue weighted by molar-refractivity contribution is 6.30. The standard InChI is InChI=1S/C8H7ClN4/c1-6-10-2-3-13(6)8-11-4-7(9)5-12-8/h2-5H,1H3. The molecule has 0 aliphatic rings. The summed E-state index contributed by atoms with van der Waals surface area (Å²) < 4.78 is 1.79. The summed E-state index contributed by atoms with van der Waals surface area (Å²) in [4.78, 5) is 12.2. The zero-order chi connectivity index (χ0) is 9.26. The van der Waals surface area contributed by atoms with Gasteiger partial charge in [0.2, 0.25) is 5.95 Å². The lowest BCUT2D eigenvalue weighted by Crippen LogP contribution is -2.00. The van der Waals surface area contributed by atoms with E-state index in [4.69, 9.17) is 11.6 Å². The molecule has 0 atom stereocenters. The fourth-order valence-corrected chi connectivity index (χ4v) is 1.12. The predicted molar refractivity (Wildman–Crippen MR) is 48.9 cm³/mol. The lowest BCUT2D eigenvalue weighted by molar-refractivity contribution is 0.883. The molecule has 0 saturated carbocycles. The Morgan fingerprint density at radius 1 is 1.23 bits per heavy atom. The molecule has 4 nitrogen and oxygen atoms in total. The topological polar surface area (TPSA) is 43.6 Å². The quantitative estimate of drug-likeness (QED) is 0.693. The molecule has 5 heteroatoms. The molecule has 66 valence electrons. The van der Waals surface area contributed by atoms with Gasteiger partial charge in [0, 0.05) is 12.4 Å². The molecular weight excluding hydrogens is 188 g/mol. The Labute approximate surface area is 80.2 Å². The molecule has 0 amide bonds. The number of rotatable bonds is 1. The molecule has 0 spiro atoms. The van der Waals surface area contributed by atoms with Crippen molar-refractivity contribution >= 4 is 11.6 Å². The van der Waals surface area contributed by atoms with Gasteiger partial charge in [-0.15, -0.1) is 0 Å². The van der Waals surface area contributed by atoms with Gasteiger partial charge in [-0.1, -0.05) is 11.6 Å². The molecule has 0 aromatic carbocycles. The van der Waals surface area contributed by atoms with E-state index in [-0.39, 0.29) is 0 Å². The van der Waals surface area contributed by atoms with E-state index in [0.29, 0.717) is 11.0 Å². The second kappa shape index (κ2) is 3.14. The molecule has 0 radical (unpaired) electrons. The summed E-state index contributed by atoms with van der Waals surface area (Å²) in [5.74, 6) is 1.43. The van der Waals surface area contributed by atoms with Crippen LogP contribution in [0.25, 0.3) is 5.95 Å². The van der Waals surface area contributed by atoms with Crippen molar-refractivity contribution in [2.75, 3.05) is 0 Å². The van der Waals surface area contributed by atoms with Crippen LogP contribution in [0, 0.1) is 6.92 Å². The van der Waals surface area contributed by atoms with Gasteiger partial charge in [-0.25, -0.2) is 15.0 Å². The summed E-state index contributed by atoms with van der Waals surface area (Å²) in [6.45, 7) is 1.89. The molecule has 0 bridgehead atoms. The molecule has 0 aliphatic carbocycles. The van der Waals surface area contributed by atoms with Gasteiger partial charge in [-0.3, -0.25) is 4.57 Å². The van der Waals surface area contributed by atoms with E-state index < -0.39 is 0 Å². The van der Waals surface area contributed by atoms with Crippen LogP contribution >= 0.6 is 11.6 Å². The van der Waals surface area contributed by atoms with E-state index in [0.717, 1.165) is 5.82 Å². The normalized spacial score (nSPS) is 10.3. The Morgan fingerprint density at radius 3 is 2.46 bits per heavy atom. The van der Waals surface area contributed by atoms with Gasteiger partial charge >= 0.3 is 0 Å². The Hall–Kier alpha value is -1.42. The molecule has 0 N–H and O–H groups in total. The van der Waals surface area contributed by atoms with Crippen LogP contribution in [0.15, 0.2) is 24.8 Å². The van der Waals surface area contributed by atoms with Gasteiger partial charge in [0.05, 0.1) is 17.4 Å². The number of imidazole rings is 1. The summed E-state index contributed by atoms with van der Waals surface area (Å²) in [5, 5.41) is 0.529. The maximum atomic E-state index is 5.66. The van der Waals surface area contributed by atoms with E-state index in [1.807, 2.05) is 6.92 Å². The maximum absolute atomic E-state index is 5.66. The third-order valence-electron chi connectivity index (χ3n) is 1.65. The second-order valence-electron chi connectivity index (χ2n) is 2.55. The van der Waals surface area contributed by atoms with Gasteiger partial charge in [0.15, 0.2) is 0 Å². The third kappa shape index (κ3) is 1.53. The smallest absolute Gasteiger partial charge is 0.235 e. The summed E-state index contributed by atoms with van der Waals surface area (Å²) >= 11 is 5.66. The monoisotopic (exact) mass is 194 g/mol. The Balaban J connectivity index is 2.47. The first-order valence-corrected chi connectivity index (χ1v) is 4.13. The molecule has 2 aromatic heterocycles. The van der Waals surface area contributed by atoms with Crippen molar-refractivity contribution in [1.29, 1.82) is 0 Å². The van der Waals surface area contributed by atoms with Crippen LogP contribution in [0.1, 0.15) is 5.82 Å². The van der Waals surface area contributed by atoms with Gasteiger partial charge in [0.1, 0.15) is 5.82 Å². The van der Waals surface area contributed by atoms with Crippen molar-refractivity contribution in [1.82, 2.24) is 19.5 Å². The lowest BCUT2D eigenvalue weighted by Gasteiger charge is -2.00. The Morgan fingerprint density at radius 2 is 1.92 bits per heavy atom. The number of halogens is 1. The largest absolute Gasteiger partial charge is 0.272 e. The summed E-state index contributed by atoms with van der Waals surface area (Å²) in [7, 11) is 0. The minimum Gasteiger partial charge on any atom is -0.272 e. The molecule has 2 aromatic rings. The number of aromatic nitrogens is 4. The minimum absolute atomic E-state index is 0.529. The van der Waals surface area contributed by atoms with Crippen molar-refractivity contribution in [3.8, 4) is 5.95 Å². The Bertz CT molecular complexity index is 406. The van der Waals surface area contributed by atoms with Crippen LogP contribution in [0.2, 0.25) is 5.02 Å². The highest BCUT2D eigenvalue weighted by Gasteiger charge is 2.01. The molecular formula is C8H7ClN4. The van der Waals surface area contributed by atoms with Crippen molar-refractivity contribution in [3.05, 3.63) is 35.6 Å². The van der Waals surface area contributed by atoms with Gasteiger partial charge < -0.3 is 0 Å². The average molecular weight is 195 g/mol. The van der Waals surface area contributed by atoms with Crippen LogP contribution in [0.4, 0.5) is 0 Å². The summed E-state index contributed by atoms with van der Waals surface area (Å²) in [6.07, 6.45) is 6.62. The van der Waals surface area contributed by atoms with E-state index in [9.17, 15) is 0 Å². The van der Waals surface area contributed by atoms with Crippen molar-refractivity contribution in [3.63, 3.8) is 0 Å². The van der Waals surface area contributed by atoms with Crippen LogP contribution in [0.3, 0.4) is 0 Å². The van der Waals surface area contributed by atoms with Crippen LogP contribution < -0.4 is 0 Å². The highest BCUT2D eigenvalue weighted by Crippen LogP contribution is 2.07. The van der Waals surface area contributed by atoms with Gasteiger partial charge in [0.25, 0.3) is 0 Å². The van der Waals surface area contributed by atoms with Crippen molar-refractivity contribution in [2.24, 2.45) is 0 Å². The van der Waals surface area contributed by atoms with E-state index in [1.54, 1.807) is 29.4 Å². The fourth-order valence-electron chi connectivity index (χ4n) is 1.02. The fraction of sp³-hybridized carbons (Fsp3) is 0.125. The van der Waals surface area contributed by atoms with E-state index in [1.165, 1.54) is 0 Å².